The maximum absolute atomic E-state index is 12.4. The van der Waals surface area contributed by atoms with Crippen molar-refractivity contribution in [3.63, 3.8) is 0 Å². The molecule has 0 aliphatic heterocycles. The van der Waals surface area contributed by atoms with E-state index in [0.717, 1.165) is 4.88 Å². The van der Waals surface area contributed by atoms with Gasteiger partial charge in [-0.25, -0.2) is 13.1 Å². The van der Waals surface area contributed by atoms with Gasteiger partial charge in [-0.05, 0) is 29.8 Å². The second-order valence-electron chi connectivity index (χ2n) is 4.17. The van der Waals surface area contributed by atoms with Gasteiger partial charge in [0.1, 0.15) is 10.6 Å². The van der Waals surface area contributed by atoms with Gasteiger partial charge in [-0.15, -0.1) is 11.3 Å². The van der Waals surface area contributed by atoms with Crippen molar-refractivity contribution in [2.24, 2.45) is 0 Å². The topological polar surface area (TPSA) is 75.6 Å². The van der Waals surface area contributed by atoms with Crippen LogP contribution in [0.2, 0.25) is 4.34 Å². The van der Waals surface area contributed by atoms with Gasteiger partial charge in [-0.1, -0.05) is 17.7 Å². The second kappa shape index (κ2) is 6.76. The van der Waals surface area contributed by atoms with E-state index in [2.05, 4.69) is 4.72 Å². The van der Waals surface area contributed by atoms with Crippen LogP contribution in [0.5, 0.6) is 5.75 Å². The number of hydrogen-bond acceptors (Lipinski definition) is 5. The van der Waals surface area contributed by atoms with E-state index in [1.54, 1.807) is 18.2 Å². The fraction of sp³-hybridized carbons (Fsp3) is 0.231. The Kier molecular flexibility index (Phi) is 5.23. The molecular formula is C13H14ClNO4S2. The van der Waals surface area contributed by atoms with Crippen molar-refractivity contribution in [3.05, 3.63) is 45.1 Å². The molecule has 1 aromatic carbocycles. The number of ether oxygens (including phenoxy) is 1. The summed E-state index contributed by atoms with van der Waals surface area (Å²) in [6.45, 7) is -0.0979. The average Bonchev–Trinajstić information content (AvgIpc) is 2.90. The first-order valence-electron chi connectivity index (χ1n) is 5.98. The fourth-order valence-electron chi connectivity index (χ4n) is 1.72. The lowest BCUT2D eigenvalue weighted by Gasteiger charge is -2.11. The molecule has 0 aliphatic carbocycles. The molecule has 2 N–H and O–H groups in total. The summed E-state index contributed by atoms with van der Waals surface area (Å²) in [5, 5.41) is 9.13. The van der Waals surface area contributed by atoms with Gasteiger partial charge in [-0.3, -0.25) is 0 Å². The van der Waals surface area contributed by atoms with E-state index in [-0.39, 0.29) is 23.8 Å². The summed E-state index contributed by atoms with van der Waals surface area (Å²) in [5.74, 6) is 0.226. The van der Waals surface area contributed by atoms with Crippen molar-refractivity contribution in [2.45, 2.75) is 18.0 Å². The molecule has 0 saturated carbocycles. The Morgan fingerprint density at radius 2 is 2.10 bits per heavy atom. The summed E-state index contributed by atoms with van der Waals surface area (Å²) in [4.78, 5) is 0.806. The smallest absolute Gasteiger partial charge is 0.244 e. The number of benzene rings is 1. The summed E-state index contributed by atoms with van der Waals surface area (Å²) in [6.07, 6.45) is 0. The van der Waals surface area contributed by atoms with E-state index in [4.69, 9.17) is 21.4 Å². The van der Waals surface area contributed by atoms with Crippen LogP contribution in [-0.2, 0) is 23.2 Å². The Balaban J connectivity index is 2.26. The van der Waals surface area contributed by atoms with Crippen molar-refractivity contribution >= 4 is 33.0 Å². The van der Waals surface area contributed by atoms with Crippen molar-refractivity contribution in [2.75, 3.05) is 7.11 Å². The Morgan fingerprint density at radius 1 is 1.33 bits per heavy atom. The minimum Gasteiger partial charge on any atom is -0.495 e. The number of halogens is 1. The number of thiophene rings is 1. The Morgan fingerprint density at radius 3 is 2.67 bits per heavy atom. The van der Waals surface area contributed by atoms with Gasteiger partial charge in [0.15, 0.2) is 0 Å². The number of rotatable bonds is 6. The van der Waals surface area contributed by atoms with Crippen LogP contribution in [0.1, 0.15) is 10.4 Å². The molecule has 0 aliphatic rings. The monoisotopic (exact) mass is 347 g/mol. The van der Waals surface area contributed by atoms with E-state index < -0.39 is 10.0 Å². The zero-order valence-electron chi connectivity index (χ0n) is 11.2. The third kappa shape index (κ3) is 3.96. The lowest BCUT2D eigenvalue weighted by atomic mass is 10.2. The maximum Gasteiger partial charge on any atom is 0.244 e. The van der Waals surface area contributed by atoms with Crippen molar-refractivity contribution in [1.82, 2.24) is 4.72 Å². The van der Waals surface area contributed by atoms with Crippen LogP contribution in [-0.4, -0.2) is 20.6 Å². The van der Waals surface area contributed by atoms with Gasteiger partial charge in [0.05, 0.1) is 18.1 Å². The largest absolute Gasteiger partial charge is 0.495 e. The van der Waals surface area contributed by atoms with Gasteiger partial charge in [0, 0.05) is 11.4 Å². The summed E-state index contributed by atoms with van der Waals surface area (Å²) in [7, 11) is -2.35. The minimum atomic E-state index is -3.75. The molecule has 0 radical (unpaired) electrons. The highest BCUT2D eigenvalue weighted by atomic mass is 35.5. The number of sulfonamides is 1. The average molecular weight is 348 g/mol. The summed E-state index contributed by atoms with van der Waals surface area (Å²) < 4.78 is 32.9. The predicted octanol–water partition coefficient (Wildman–Crippen LogP) is 2.38. The molecule has 2 aromatic rings. The first-order chi connectivity index (χ1) is 9.96. The van der Waals surface area contributed by atoms with Crippen LogP contribution in [0.15, 0.2) is 35.2 Å². The summed E-state index contributed by atoms with van der Waals surface area (Å²) >= 11 is 7.12. The Hall–Kier alpha value is -1.12. The van der Waals surface area contributed by atoms with Gasteiger partial charge >= 0.3 is 0 Å². The molecule has 2 rings (SSSR count). The highest BCUT2D eigenvalue weighted by molar-refractivity contribution is 7.89. The minimum absolute atomic E-state index is 0.000738. The highest BCUT2D eigenvalue weighted by Gasteiger charge is 2.20. The molecule has 21 heavy (non-hydrogen) atoms. The normalized spacial score (nSPS) is 11.6. The third-order valence-electron chi connectivity index (χ3n) is 2.77. The van der Waals surface area contributed by atoms with Crippen molar-refractivity contribution in [1.29, 1.82) is 0 Å². The van der Waals surface area contributed by atoms with Crippen LogP contribution in [0.25, 0.3) is 0 Å². The molecule has 0 amide bonds. The van der Waals surface area contributed by atoms with Gasteiger partial charge in [-0.2, -0.15) is 0 Å². The molecule has 0 bridgehead atoms. The van der Waals surface area contributed by atoms with E-state index in [1.165, 1.54) is 30.6 Å². The van der Waals surface area contributed by atoms with Crippen LogP contribution in [0, 0.1) is 0 Å². The zero-order valence-corrected chi connectivity index (χ0v) is 13.6. The van der Waals surface area contributed by atoms with Crippen molar-refractivity contribution < 1.29 is 18.3 Å². The standard InChI is InChI=1S/C13H14ClNO4S2/c1-19-11-4-2-9(8-16)6-12(11)21(17,18)15-7-10-3-5-13(14)20-10/h2-6,15-16H,7-8H2,1H3. The lowest BCUT2D eigenvalue weighted by molar-refractivity contribution is 0.281. The number of hydrogen-bond donors (Lipinski definition) is 2. The first kappa shape index (κ1) is 16.3. The summed E-state index contributed by atoms with van der Waals surface area (Å²) in [5.41, 5.74) is 0.496. The summed E-state index contributed by atoms with van der Waals surface area (Å²) in [6, 6.07) is 7.99. The Labute approximate surface area is 132 Å². The quantitative estimate of drug-likeness (QED) is 0.841. The van der Waals surface area contributed by atoms with E-state index in [0.29, 0.717) is 9.90 Å². The molecule has 0 saturated heterocycles. The van der Waals surface area contributed by atoms with Crippen LogP contribution < -0.4 is 9.46 Å². The van der Waals surface area contributed by atoms with Crippen LogP contribution in [0.4, 0.5) is 0 Å². The third-order valence-corrected chi connectivity index (χ3v) is 5.42. The number of aliphatic hydroxyl groups excluding tert-OH is 1. The van der Waals surface area contributed by atoms with E-state index >= 15 is 0 Å². The molecule has 0 spiro atoms. The Bertz CT molecular complexity index is 728. The van der Waals surface area contributed by atoms with Crippen LogP contribution >= 0.6 is 22.9 Å². The van der Waals surface area contributed by atoms with Crippen LogP contribution in [0.3, 0.4) is 0 Å². The molecule has 0 fully saturated rings. The highest BCUT2D eigenvalue weighted by Crippen LogP contribution is 2.26. The molecule has 5 nitrogen and oxygen atoms in total. The number of aliphatic hydroxyl groups is 1. The molecule has 114 valence electrons. The molecule has 0 atom stereocenters. The SMILES string of the molecule is COc1ccc(CO)cc1S(=O)(=O)NCc1ccc(Cl)s1. The molecular weight excluding hydrogens is 334 g/mol. The fourth-order valence-corrected chi connectivity index (χ4v) is 4.06. The molecule has 0 unspecified atom stereocenters. The van der Waals surface area contributed by atoms with E-state index in [1.807, 2.05) is 0 Å². The first-order valence-corrected chi connectivity index (χ1v) is 8.65. The zero-order chi connectivity index (χ0) is 15.5. The molecule has 1 aromatic heterocycles. The van der Waals surface area contributed by atoms with Gasteiger partial charge in [0.2, 0.25) is 10.0 Å². The second-order valence-corrected chi connectivity index (χ2v) is 7.71. The van der Waals surface area contributed by atoms with Gasteiger partial charge in [0.25, 0.3) is 0 Å². The van der Waals surface area contributed by atoms with E-state index in [9.17, 15) is 8.42 Å². The molecule has 1 heterocycles. The molecule has 8 heteroatoms. The predicted molar refractivity (Wildman–Crippen MR) is 82.3 cm³/mol. The number of nitrogens with one attached hydrogen (secondary N) is 1. The number of methoxy groups -OCH3 is 1. The van der Waals surface area contributed by atoms with Gasteiger partial charge < -0.3 is 9.84 Å². The lowest BCUT2D eigenvalue weighted by Crippen LogP contribution is -2.23. The maximum atomic E-state index is 12.4. The van der Waals surface area contributed by atoms with Crippen molar-refractivity contribution in [3.8, 4) is 5.75 Å².